The van der Waals surface area contributed by atoms with Crippen LogP contribution in [-0.4, -0.2) is 37.6 Å². The normalized spacial score (nSPS) is 18.3. The standard InChI is InChI=1S/C17H23ClN2O3/c1-3-12(4-2)17(22)19-9-15-10-20(16(21)11-23-15)14-7-5-6-13(18)8-14/h5-8,12,15H,3-4,9-11H2,1-2H3,(H,19,22). The molecule has 2 rings (SSSR count). The maximum Gasteiger partial charge on any atom is 0.253 e. The molecule has 5 nitrogen and oxygen atoms in total. The number of halogens is 1. The summed E-state index contributed by atoms with van der Waals surface area (Å²) in [7, 11) is 0. The first kappa shape index (κ1) is 17.8. The zero-order chi connectivity index (χ0) is 16.8. The van der Waals surface area contributed by atoms with Crippen LogP contribution >= 0.6 is 11.6 Å². The highest BCUT2D eigenvalue weighted by Gasteiger charge is 2.28. The zero-order valence-corrected chi connectivity index (χ0v) is 14.3. The van der Waals surface area contributed by atoms with Crippen molar-refractivity contribution in [3.05, 3.63) is 29.3 Å². The third kappa shape index (κ3) is 4.69. The highest BCUT2D eigenvalue weighted by molar-refractivity contribution is 6.30. The number of nitrogens with one attached hydrogen (secondary N) is 1. The molecule has 0 saturated carbocycles. The van der Waals surface area contributed by atoms with Crippen molar-refractivity contribution < 1.29 is 14.3 Å². The van der Waals surface area contributed by atoms with Crippen molar-refractivity contribution >= 4 is 29.1 Å². The maximum absolute atomic E-state index is 12.1. The molecule has 23 heavy (non-hydrogen) atoms. The van der Waals surface area contributed by atoms with Crippen LogP contribution in [0.4, 0.5) is 5.69 Å². The van der Waals surface area contributed by atoms with Crippen molar-refractivity contribution in [1.82, 2.24) is 5.32 Å². The Morgan fingerprint density at radius 1 is 1.43 bits per heavy atom. The number of carbonyl (C=O) groups is 2. The fourth-order valence-electron chi connectivity index (χ4n) is 2.66. The minimum atomic E-state index is -0.218. The number of ether oxygens (including phenoxy) is 1. The topological polar surface area (TPSA) is 58.6 Å². The average Bonchev–Trinajstić information content (AvgIpc) is 2.55. The molecule has 1 aliphatic heterocycles. The van der Waals surface area contributed by atoms with E-state index in [-0.39, 0.29) is 30.4 Å². The molecule has 6 heteroatoms. The van der Waals surface area contributed by atoms with E-state index < -0.39 is 0 Å². The SMILES string of the molecule is CCC(CC)C(=O)NCC1CN(c2cccc(Cl)c2)C(=O)CO1. The van der Waals surface area contributed by atoms with E-state index in [4.69, 9.17) is 16.3 Å². The van der Waals surface area contributed by atoms with E-state index in [1.54, 1.807) is 17.0 Å². The molecule has 0 aromatic heterocycles. The van der Waals surface area contributed by atoms with E-state index in [1.807, 2.05) is 26.0 Å². The Hall–Kier alpha value is -1.59. The summed E-state index contributed by atoms with van der Waals surface area (Å²) in [5.41, 5.74) is 0.752. The van der Waals surface area contributed by atoms with E-state index in [2.05, 4.69) is 5.32 Å². The molecule has 0 radical (unpaired) electrons. The fraction of sp³-hybridized carbons (Fsp3) is 0.529. The third-order valence-electron chi connectivity index (χ3n) is 4.11. The van der Waals surface area contributed by atoms with Crippen molar-refractivity contribution in [1.29, 1.82) is 0 Å². The van der Waals surface area contributed by atoms with Gasteiger partial charge in [-0.25, -0.2) is 0 Å². The fourth-order valence-corrected chi connectivity index (χ4v) is 2.84. The van der Waals surface area contributed by atoms with Crippen molar-refractivity contribution in [2.24, 2.45) is 5.92 Å². The maximum atomic E-state index is 12.1. The van der Waals surface area contributed by atoms with Crippen LogP contribution in [0.3, 0.4) is 0 Å². The summed E-state index contributed by atoms with van der Waals surface area (Å²) in [4.78, 5) is 25.8. The molecule has 2 amide bonds. The molecule has 1 unspecified atom stereocenters. The summed E-state index contributed by atoms with van der Waals surface area (Å²) >= 11 is 5.99. The summed E-state index contributed by atoms with van der Waals surface area (Å²) in [6.45, 7) is 4.83. The van der Waals surface area contributed by atoms with Crippen LogP contribution < -0.4 is 10.2 Å². The number of hydrogen-bond donors (Lipinski definition) is 1. The van der Waals surface area contributed by atoms with Crippen LogP contribution in [-0.2, 0) is 14.3 Å². The first-order chi connectivity index (χ1) is 11.0. The lowest BCUT2D eigenvalue weighted by Gasteiger charge is -2.33. The van der Waals surface area contributed by atoms with E-state index >= 15 is 0 Å². The van der Waals surface area contributed by atoms with Crippen molar-refractivity contribution in [2.45, 2.75) is 32.8 Å². The Morgan fingerprint density at radius 2 is 2.17 bits per heavy atom. The Morgan fingerprint density at radius 3 is 2.83 bits per heavy atom. The molecule has 1 N–H and O–H groups in total. The summed E-state index contributed by atoms with van der Waals surface area (Å²) in [5.74, 6) is -0.0242. The average molecular weight is 339 g/mol. The van der Waals surface area contributed by atoms with Crippen LogP contribution in [0.15, 0.2) is 24.3 Å². The molecular weight excluding hydrogens is 316 g/mol. The third-order valence-corrected chi connectivity index (χ3v) is 4.35. The molecule has 1 aromatic carbocycles. The molecule has 0 spiro atoms. The minimum Gasteiger partial charge on any atom is -0.365 e. The Balaban J connectivity index is 1.95. The second-order valence-electron chi connectivity index (χ2n) is 5.68. The number of rotatable bonds is 6. The monoisotopic (exact) mass is 338 g/mol. The predicted molar refractivity (Wildman–Crippen MR) is 90.6 cm³/mol. The number of carbonyl (C=O) groups excluding carboxylic acids is 2. The summed E-state index contributed by atoms with van der Waals surface area (Å²) in [5, 5.41) is 3.51. The number of amides is 2. The van der Waals surface area contributed by atoms with Crippen LogP contribution in [0.1, 0.15) is 26.7 Å². The van der Waals surface area contributed by atoms with Crippen molar-refractivity contribution in [3.63, 3.8) is 0 Å². The lowest BCUT2D eigenvalue weighted by molar-refractivity contribution is -0.130. The molecule has 1 fully saturated rings. The van der Waals surface area contributed by atoms with Gasteiger partial charge in [0.2, 0.25) is 5.91 Å². The molecule has 0 bridgehead atoms. The Bertz CT molecular complexity index is 561. The van der Waals surface area contributed by atoms with Gasteiger partial charge in [0.25, 0.3) is 5.91 Å². The van der Waals surface area contributed by atoms with Gasteiger partial charge in [-0.3, -0.25) is 9.59 Å². The number of nitrogens with zero attached hydrogens (tertiary/aromatic N) is 1. The Labute approximate surface area is 141 Å². The number of morpholine rings is 1. The van der Waals surface area contributed by atoms with Gasteiger partial charge in [0.15, 0.2) is 0 Å². The van der Waals surface area contributed by atoms with Gasteiger partial charge in [-0.05, 0) is 31.0 Å². The van der Waals surface area contributed by atoms with Crippen LogP contribution in [0.25, 0.3) is 0 Å². The highest BCUT2D eigenvalue weighted by Crippen LogP contribution is 2.22. The second-order valence-corrected chi connectivity index (χ2v) is 6.11. The van der Waals surface area contributed by atoms with Crippen LogP contribution in [0.5, 0.6) is 0 Å². The molecule has 1 aliphatic rings. The molecule has 1 atom stereocenters. The minimum absolute atomic E-state index is 0.0119. The van der Waals surface area contributed by atoms with Crippen molar-refractivity contribution in [3.8, 4) is 0 Å². The van der Waals surface area contributed by atoms with Gasteiger partial charge in [-0.15, -0.1) is 0 Å². The van der Waals surface area contributed by atoms with Gasteiger partial charge in [-0.1, -0.05) is 31.5 Å². The van der Waals surface area contributed by atoms with Gasteiger partial charge in [0.1, 0.15) is 6.61 Å². The number of benzene rings is 1. The van der Waals surface area contributed by atoms with Gasteiger partial charge >= 0.3 is 0 Å². The van der Waals surface area contributed by atoms with Crippen LogP contribution in [0, 0.1) is 5.92 Å². The van der Waals surface area contributed by atoms with Gasteiger partial charge in [0, 0.05) is 23.2 Å². The number of anilines is 1. The molecule has 1 aromatic rings. The summed E-state index contributed by atoms with van der Waals surface area (Å²) < 4.78 is 5.53. The van der Waals surface area contributed by atoms with Crippen molar-refractivity contribution in [2.75, 3.05) is 24.6 Å². The summed E-state index contributed by atoms with van der Waals surface area (Å²) in [6, 6.07) is 7.17. The lowest BCUT2D eigenvalue weighted by Crippen LogP contribution is -2.51. The van der Waals surface area contributed by atoms with Gasteiger partial charge in [-0.2, -0.15) is 0 Å². The second kappa shape index (κ2) is 8.31. The van der Waals surface area contributed by atoms with E-state index in [0.717, 1.165) is 18.5 Å². The summed E-state index contributed by atoms with van der Waals surface area (Å²) in [6.07, 6.45) is 1.42. The smallest absolute Gasteiger partial charge is 0.253 e. The predicted octanol–water partition coefficient (Wildman–Crippen LogP) is 2.62. The van der Waals surface area contributed by atoms with E-state index in [0.29, 0.717) is 18.1 Å². The quantitative estimate of drug-likeness (QED) is 0.867. The molecule has 1 heterocycles. The molecule has 0 aliphatic carbocycles. The van der Waals surface area contributed by atoms with E-state index in [9.17, 15) is 9.59 Å². The van der Waals surface area contributed by atoms with Crippen LogP contribution in [0.2, 0.25) is 5.02 Å². The molecule has 1 saturated heterocycles. The Kier molecular flexibility index (Phi) is 6.42. The zero-order valence-electron chi connectivity index (χ0n) is 13.5. The van der Waals surface area contributed by atoms with Gasteiger partial charge in [0.05, 0.1) is 12.6 Å². The highest BCUT2D eigenvalue weighted by atomic mass is 35.5. The largest absolute Gasteiger partial charge is 0.365 e. The van der Waals surface area contributed by atoms with Gasteiger partial charge < -0.3 is 15.0 Å². The number of hydrogen-bond acceptors (Lipinski definition) is 3. The molecule has 126 valence electrons. The van der Waals surface area contributed by atoms with E-state index in [1.165, 1.54) is 0 Å². The molecular formula is C17H23ClN2O3. The first-order valence-corrected chi connectivity index (χ1v) is 8.38. The lowest BCUT2D eigenvalue weighted by atomic mass is 10.0. The first-order valence-electron chi connectivity index (χ1n) is 8.00.